The number of nitrogens with zero attached hydrogens (tertiary/aromatic N) is 2. The fourth-order valence-corrected chi connectivity index (χ4v) is 2.30. The zero-order valence-electron chi connectivity index (χ0n) is 14.8. The summed E-state index contributed by atoms with van der Waals surface area (Å²) in [7, 11) is 3.61. The lowest BCUT2D eigenvalue weighted by Gasteiger charge is -2.22. The van der Waals surface area contributed by atoms with Crippen LogP contribution in [0.4, 0.5) is 0 Å². The van der Waals surface area contributed by atoms with Crippen molar-refractivity contribution in [2.75, 3.05) is 20.7 Å². The molecule has 0 saturated carbocycles. The average Bonchev–Trinajstić information content (AvgIpc) is 3.08. The van der Waals surface area contributed by atoms with E-state index in [0.717, 1.165) is 23.8 Å². The van der Waals surface area contributed by atoms with Gasteiger partial charge in [-0.25, -0.2) is 4.99 Å². The maximum absolute atomic E-state index is 11.1. The topological polar surface area (TPSA) is 93.1 Å². The quantitative estimate of drug-likeness (QED) is 0.592. The number of carbonyl (C=O) groups is 1. The first-order chi connectivity index (χ1) is 12.0. The highest BCUT2D eigenvalue weighted by molar-refractivity contribution is 5.89. The van der Waals surface area contributed by atoms with Crippen molar-refractivity contribution in [2.45, 2.75) is 20.0 Å². The number of ether oxygens (including phenoxy) is 1. The largest absolute Gasteiger partial charge is 0.497 e. The van der Waals surface area contributed by atoms with E-state index < -0.39 is 5.91 Å². The van der Waals surface area contributed by atoms with E-state index in [9.17, 15) is 4.79 Å². The number of rotatable bonds is 7. The van der Waals surface area contributed by atoms with E-state index in [1.165, 1.54) is 0 Å². The van der Waals surface area contributed by atoms with Crippen LogP contribution in [0.25, 0.3) is 0 Å². The molecule has 0 fully saturated rings. The number of nitrogens with one attached hydrogen (secondary N) is 1. The van der Waals surface area contributed by atoms with Crippen LogP contribution in [0, 0.1) is 0 Å². The van der Waals surface area contributed by atoms with Gasteiger partial charge < -0.3 is 25.1 Å². The molecular formula is C18H24N4O3. The Morgan fingerprint density at radius 2 is 2.00 bits per heavy atom. The Labute approximate surface area is 147 Å². The van der Waals surface area contributed by atoms with E-state index in [4.69, 9.17) is 14.9 Å². The van der Waals surface area contributed by atoms with Gasteiger partial charge in [-0.2, -0.15) is 0 Å². The average molecular weight is 344 g/mol. The maximum atomic E-state index is 11.1. The summed E-state index contributed by atoms with van der Waals surface area (Å²) < 4.78 is 10.5. The standard InChI is InChI=1S/C18H24N4O3/c1-4-20-18(21-11-15-9-10-16(25-15)17(19)23)22(2)12-13-5-7-14(24-3)8-6-13/h5-10H,4,11-12H2,1-3H3,(H2,19,23)(H,20,21). The summed E-state index contributed by atoms with van der Waals surface area (Å²) in [5.74, 6) is 1.72. The Morgan fingerprint density at radius 3 is 2.56 bits per heavy atom. The normalized spacial score (nSPS) is 11.2. The third-order valence-corrected chi connectivity index (χ3v) is 3.56. The van der Waals surface area contributed by atoms with Crippen LogP contribution in [-0.2, 0) is 13.1 Å². The molecule has 1 amide bonds. The number of furan rings is 1. The number of carbonyl (C=O) groups excluding carboxylic acids is 1. The van der Waals surface area contributed by atoms with Crippen molar-refractivity contribution in [2.24, 2.45) is 10.7 Å². The number of hydrogen-bond donors (Lipinski definition) is 2. The van der Waals surface area contributed by atoms with Crippen LogP contribution >= 0.6 is 0 Å². The number of benzene rings is 1. The van der Waals surface area contributed by atoms with E-state index in [1.54, 1.807) is 19.2 Å². The lowest BCUT2D eigenvalue weighted by atomic mass is 10.2. The minimum atomic E-state index is -0.584. The molecule has 1 aromatic heterocycles. The highest BCUT2D eigenvalue weighted by Gasteiger charge is 2.09. The Balaban J connectivity index is 2.04. The van der Waals surface area contributed by atoms with Crippen molar-refractivity contribution in [1.82, 2.24) is 10.2 Å². The fraction of sp³-hybridized carbons (Fsp3) is 0.333. The predicted octanol–water partition coefficient (Wildman–Crippen LogP) is 1.98. The SMILES string of the molecule is CCNC(=NCc1ccc(C(N)=O)o1)N(C)Cc1ccc(OC)cc1. The molecule has 2 rings (SSSR count). The molecule has 0 atom stereocenters. The monoisotopic (exact) mass is 344 g/mol. The maximum Gasteiger partial charge on any atom is 0.284 e. The summed E-state index contributed by atoms with van der Waals surface area (Å²) in [5.41, 5.74) is 6.33. The van der Waals surface area contributed by atoms with E-state index >= 15 is 0 Å². The Morgan fingerprint density at radius 1 is 1.28 bits per heavy atom. The van der Waals surface area contributed by atoms with Crippen molar-refractivity contribution in [1.29, 1.82) is 0 Å². The summed E-state index contributed by atoms with van der Waals surface area (Å²) in [4.78, 5) is 17.6. The molecule has 0 aliphatic heterocycles. The third-order valence-electron chi connectivity index (χ3n) is 3.56. The highest BCUT2D eigenvalue weighted by Crippen LogP contribution is 2.13. The molecule has 0 aliphatic rings. The fourth-order valence-electron chi connectivity index (χ4n) is 2.30. The second-order valence-corrected chi connectivity index (χ2v) is 5.50. The molecule has 7 nitrogen and oxygen atoms in total. The molecule has 134 valence electrons. The molecular weight excluding hydrogens is 320 g/mol. The number of nitrogens with two attached hydrogens (primary N) is 1. The van der Waals surface area contributed by atoms with Crippen LogP contribution < -0.4 is 15.8 Å². The zero-order chi connectivity index (χ0) is 18.2. The summed E-state index contributed by atoms with van der Waals surface area (Å²) in [6.45, 7) is 3.77. The number of hydrogen-bond acceptors (Lipinski definition) is 4. The van der Waals surface area contributed by atoms with Crippen LogP contribution in [-0.4, -0.2) is 37.5 Å². The lowest BCUT2D eigenvalue weighted by Crippen LogP contribution is -2.38. The molecule has 1 heterocycles. The van der Waals surface area contributed by atoms with Gasteiger partial charge >= 0.3 is 0 Å². The van der Waals surface area contributed by atoms with Gasteiger partial charge in [-0.1, -0.05) is 12.1 Å². The molecule has 7 heteroatoms. The number of aliphatic imine (C=N–C) groups is 1. The number of guanidine groups is 1. The van der Waals surface area contributed by atoms with Gasteiger partial charge in [0.05, 0.1) is 7.11 Å². The van der Waals surface area contributed by atoms with Crippen LogP contribution in [0.15, 0.2) is 45.8 Å². The van der Waals surface area contributed by atoms with Gasteiger partial charge in [0.2, 0.25) is 0 Å². The summed E-state index contributed by atoms with van der Waals surface area (Å²) >= 11 is 0. The predicted molar refractivity (Wildman–Crippen MR) is 96.5 cm³/mol. The van der Waals surface area contributed by atoms with Crippen LogP contribution in [0.5, 0.6) is 5.75 Å². The van der Waals surface area contributed by atoms with E-state index in [-0.39, 0.29) is 5.76 Å². The summed E-state index contributed by atoms with van der Waals surface area (Å²) in [5, 5.41) is 3.24. The van der Waals surface area contributed by atoms with Gasteiger partial charge in [0.1, 0.15) is 18.1 Å². The smallest absolute Gasteiger partial charge is 0.284 e. The molecule has 0 saturated heterocycles. The molecule has 0 aliphatic carbocycles. The first-order valence-corrected chi connectivity index (χ1v) is 8.04. The van der Waals surface area contributed by atoms with Crippen molar-refractivity contribution in [3.8, 4) is 5.75 Å². The van der Waals surface area contributed by atoms with Crippen LogP contribution in [0.3, 0.4) is 0 Å². The van der Waals surface area contributed by atoms with Crippen molar-refractivity contribution in [3.63, 3.8) is 0 Å². The Bertz CT molecular complexity index is 722. The summed E-state index contributed by atoms with van der Waals surface area (Å²) in [6.07, 6.45) is 0. The molecule has 2 aromatic rings. The highest BCUT2D eigenvalue weighted by atomic mass is 16.5. The molecule has 0 unspecified atom stereocenters. The Kier molecular flexibility index (Phi) is 6.45. The van der Waals surface area contributed by atoms with Gasteiger partial charge in [0, 0.05) is 20.1 Å². The van der Waals surface area contributed by atoms with Gasteiger partial charge in [0.15, 0.2) is 11.7 Å². The van der Waals surface area contributed by atoms with Crippen molar-refractivity contribution in [3.05, 3.63) is 53.5 Å². The molecule has 0 bridgehead atoms. The molecule has 0 radical (unpaired) electrons. The zero-order valence-corrected chi connectivity index (χ0v) is 14.8. The number of methoxy groups -OCH3 is 1. The number of amides is 1. The number of primary amides is 1. The van der Waals surface area contributed by atoms with E-state index in [1.807, 2.05) is 43.1 Å². The Hall–Kier alpha value is -2.96. The molecule has 0 spiro atoms. The first-order valence-electron chi connectivity index (χ1n) is 8.04. The lowest BCUT2D eigenvalue weighted by molar-refractivity contribution is 0.0972. The van der Waals surface area contributed by atoms with E-state index in [0.29, 0.717) is 18.8 Å². The van der Waals surface area contributed by atoms with Gasteiger partial charge in [-0.05, 0) is 36.8 Å². The van der Waals surface area contributed by atoms with Crippen LogP contribution in [0.1, 0.15) is 28.8 Å². The van der Waals surface area contributed by atoms with Gasteiger partial charge in [0.25, 0.3) is 5.91 Å². The van der Waals surface area contributed by atoms with Crippen molar-refractivity contribution >= 4 is 11.9 Å². The molecule has 1 aromatic carbocycles. The van der Waals surface area contributed by atoms with Crippen molar-refractivity contribution < 1.29 is 13.9 Å². The minimum Gasteiger partial charge on any atom is -0.497 e. The second kappa shape index (κ2) is 8.77. The minimum absolute atomic E-state index is 0.141. The van der Waals surface area contributed by atoms with Gasteiger partial charge in [-0.15, -0.1) is 0 Å². The second-order valence-electron chi connectivity index (χ2n) is 5.50. The van der Waals surface area contributed by atoms with Crippen LogP contribution in [0.2, 0.25) is 0 Å². The summed E-state index contributed by atoms with van der Waals surface area (Å²) in [6, 6.07) is 11.2. The first kappa shape index (κ1) is 18.4. The third kappa shape index (κ3) is 5.27. The molecule has 3 N–H and O–H groups in total. The molecule has 25 heavy (non-hydrogen) atoms. The van der Waals surface area contributed by atoms with E-state index in [2.05, 4.69) is 10.3 Å². The van der Waals surface area contributed by atoms with Gasteiger partial charge in [-0.3, -0.25) is 4.79 Å².